The fourth-order valence-electron chi connectivity index (χ4n) is 3.93. The Balaban J connectivity index is 1.83. The van der Waals surface area contributed by atoms with Crippen molar-refractivity contribution in [1.29, 1.82) is 0 Å². The van der Waals surface area contributed by atoms with Gasteiger partial charge in [-0.2, -0.15) is 0 Å². The highest BCUT2D eigenvalue weighted by molar-refractivity contribution is 6.53. The van der Waals surface area contributed by atoms with Crippen molar-refractivity contribution in [3.63, 3.8) is 0 Å². The molecule has 2 nitrogen and oxygen atoms in total. The van der Waals surface area contributed by atoms with E-state index in [0.717, 1.165) is 39.0 Å². The van der Waals surface area contributed by atoms with Crippen LogP contribution in [-0.4, -0.2) is 17.5 Å². The number of hydrogen-bond acceptors (Lipinski definition) is 2. The molecular formula is C28H30BO2. The van der Waals surface area contributed by atoms with E-state index in [0.29, 0.717) is 0 Å². The number of phenolic OH excluding ortho intramolecular Hbond substituents is 2. The first-order chi connectivity index (χ1) is 14.6. The third-order valence-electron chi connectivity index (χ3n) is 7.01. The quantitative estimate of drug-likeness (QED) is 0.285. The normalized spacial score (nSPS) is 12.4. The zero-order chi connectivity index (χ0) is 22.4. The molecule has 31 heavy (non-hydrogen) atoms. The number of rotatable bonds is 4. The predicted octanol–water partition coefficient (Wildman–Crippen LogP) is 6.89. The summed E-state index contributed by atoms with van der Waals surface area (Å²) in [5.74, 6) is 0.509. The number of phenols is 2. The van der Waals surface area contributed by atoms with Crippen LogP contribution in [0.1, 0.15) is 34.6 Å². The molecule has 0 saturated heterocycles. The Labute approximate surface area is 185 Å². The van der Waals surface area contributed by atoms with Gasteiger partial charge in [0.25, 0.3) is 0 Å². The molecule has 0 aliphatic carbocycles. The van der Waals surface area contributed by atoms with Crippen LogP contribution in [0.25, 0.3) is 32.7 Å². The van der Waals surface area contributed by atoms with Crippen LogP contribution < -0.4 is 5.46 Å². The summed E-state index contributed by atoms with van der Waals surface area (Å²) in [5.41, 5.74) is 3.59. The molecule has 0 fully saturated rings. The van der Waals surface area contributed by atoms with E-state index < -0.39 is 0 Å². The molecule has 0 heterocycles. The molecule has 0 spiro atoms. The molecule has 0 bridgehead atoms. The van der Waals surface area contributed by atoms with Gasteiger partial charge in [-0.05, 0) is 62.4 Å². The minimum atomic E-state index is 0.175. The Morgan fingerprint density at radius 3 is 2.26 bits per heavy atom. The van der Waals surface area contributed by atoms with E-state index >= 15 is 0 Å². The number of fused-ring (bicyclic) bond motifs is 3. The molecule has 3 heteroatoms. The molecule has 0 aliphatic heterocycles. The number of benzene rings is 4. The van der Waals surface area contributed by atoms with Gasteiger partial charge in [0.2, 0.25) is 0 Å². The predicted molar refractivity (Wildman–Crippen MR) is 134 cm³/mol. The Kier molecular flexibility index (Phi) is 5.25. The van der Waals surface area contributed by atoms with Crippen LogP contribution in [0.4, 0.5) is 0 Å². The summed E-state index contributed by atoms with van der Waals surface area (Å²) in [7, 11) is 2.31. The maximum Gasteiger partial charge on any atom is 0.152 e. The Hall–Kier alpha value is -2.94. The molecule has 1 radical (unpaired) electrons. The van der Waals surface area contributed by atoms with E-state index in [1.54, 1.807) is 18.2 Å². The first kappa shape index (κ1) is 21.3. The molecule has 2 N–H and O–H groups in total. The van der Waals surface area contributed by atoms with Crippen LogP contribution in [0.2, 0.25) is 6.32 Å². The Morgan fingerprint density at radius 2 is 1.52 bits per heavy atom. The van der Waals surface area contributed by atoms with E-state index in [1.807, 2.05) is 18.2 Å². The van der Waals surface area contributed by atoms with Crippen molar-refractivity contribution in [3.05, 3.63) is 66.7 Å². The highest BCUT2D eigenvalue weighted by Crippen LogP contribution is 2.42. The third-order valence-corrected chi connectivity index (χ3v) is 7.01. The lowest BCUT2D eigenvalue weighted by Crippen LogP contribution is -2.33. The van der Waals surface area contributed by atoms with Crippen molar-refractivity contribution >= 4 is 34.3 Å². The molecule has 0 unspecified atom stereocenters. The lowest BCUT2D eigenvalue weighted by molar-refractivity contribution is 0.157. The van der Waals surface area contributed by atoms with Gasteiger partial charge in [0, 0.05) is 5.39 Å². The first-order valence-corrected chi connectivity index (χ1v) is 10.9. The second kappa shape index (κ2) is 7.64. The fourth-order valence-corrected chi connectivity index (χ4v) is 3.93. The molecule has 4 aromatic carbocycles. The van der Waals surface area contributed by atoms with Gasteiger partial charge < -0.3 is 10.2 Å². The van der Waals surface area contributed by atoms with Crippen molar-refractivity contribution in [1.82, 2.24) is 0 Å². The average molecular weight is 409 g/mol. The van der Waals surface area contributed by atoms with Crippen LogP contribution in [0.15, 0.2) is 66.7 Å². The van der Waals surface area contributed by atoms with Gasteiger partial charge in [0.1, 0.15) is 11.5 Å². The molecule has 0 aliphatic rings. The van der Waals surface area contributed by atoms with E-state index in [4.69, 9.17) is 0 Å². The van der Waals surface area contributed by atoms with Gasteiger partial charge in [-0.3, -0.25) is 0 Å². The molecule has 0 amide bonds. The van der Waals surface area contributed by atoms with E-state index in [2.05, 4.69) is 72.2 Å². The van der Waals surface area contributed by atoms with Crippen molar-refractivity contribution in [2.45, 2.75) is 40.9 Å². The van der Waals surface area contributed by atoms with Crippen LogP contribution in [0.5, 0.6) is 11.5 Å². The molecule has 0 atom stereocenters. The maximum absolute atomic E-state index is 10.7. The summed E-state index contributed by atoms with van der Waals surface area (Å²) in [4.78, 5) is 0. The van der Waals surface area contributed by atoms with E-state index in [1.165, 1.54) is 5.46 Å². The second-order valence-corrected chi connectivity index (χ2v) is 10.2. The molecule has 157 valence electrons. The average Bonchev–Trinajstić information content (AvgIpc) is 2.71. The van der Waals surface area contributed by atoms with Crippen molar-refractivity contribution in [3.8, 4) is 22.6 Å². The highest BCUT2D eigenvalue weighted by Gasteiger charge is 2.32. The summed E-state index contributed by atoms with van der Waals surface area (Å²) < 4.78 is 0. The zero-order valence-electron chi connectivity index (χ0n) is 19.0. The minimum absolute atomic E-state index is 0.175. The van der Waals surface area contributed by atoms with E-state index in [-0.39, 0.29) is 22.3 Å². The topological polar surface area (TPSA) is 40.5 Å². The van der Waals surface area contributed by atoms with Gasteiger partial charge in [-0.1, -0.05) is 88.9 Å². The third kappa shape index (κ3) is 4.02. The standard InChI is InChI=1S/C28H30BO2/c1-27(2,3)28(4,5)17-29-20-9-6-8-18(14-20)24-16-19-15-21(30)12-13-22(19)23-10-7-11-25(31)26(23)24/h6-16,30-31H,17H2,1-5H3. The van der Waals surface area contributed by atoms with Gasteiger partial charge in [0.05, 0.1) is 0 Å². The lowest BCUT2D eigenvalue weighted by atomic mass is 9.53. The number of hydrogen-bond donors (Lipinski definition) is 2. The largest absolute Gasteiger partial charge is 0.508 e. The van der Waals surface area contributed by atoms with Crippen molar-refractivity contribution in [2.24, 2.45) is 10.8 Å². The summed E-state index contributed by atoms with van der Waals surface area (Å²) in [6.07, 6.45) is 0.984. The molecular weight excluding hydrogens is 379 g/mol. The van der Waals surface area contributed by atoms with Crippen LogP contribution in [-0.2, 0) is 0 Å². The van der Waals surface area contributed by atoms with Gasteiger partial charge in [0.15, 0.2) is 7.28 Å². The number of aromatic hydroxyl groups is 2. The summed E-state index contributed by atoms with van der Waals surface area (Å²) in [6, 6.07) is 21.6. The molecule has 4 aromatic rings. The summed E-state index contributed by atoms with van der Waals surface area (Å²) >= 11 is 0. The smallest absolute Gasteiger partial charge is 0.152 e. The van der Waals surface area contributed by atoms with Crippen LogP contribution in [0, 0.1) is 10.8 Å². The van der Waals surface area contributed by atoms with Crippen molar-refractivity contribution in [2.75, 3.05) is 0 Å². The van der Waals surface area contributed by atoms with E-state index in [9.17, 15) is 10.2 Å². The molecule has 0 saturated carbocycles. The zero-order valence-corrected chi connectivity index (χ0v) is 19.0. The Bertz CT molecular complexity index is 1270. The molecule has 0 aromatic heterocycles. The van der Waals surface area contributed by atoms with Crippen molar-refractivity contribution < 1.29 is 10.2 Å². The summed E-state index contributed by atoms with van der Waals surface area (Å²) in [5, 5.41) is 24.6. The van der Waals surface area contributed by atoms with Gasteiger partial charge >= 0.3 is 0 Å². The SMILES string of the molecule is CC(C)(C)C(C)(C)C[B]c1cccc(-c2cc3cc(O)ccc3c3cccc(O)c23)c1. The first-order valence-electron chi connectivity index (χ1n) is 10.9. The maximum atomic E-state index is 10.7. The highest BCUT2D eigenvalue weighted by atomic mass is 16.3. The summed E-state index contributed by atoms with van der Waals surface area (Å²) in [6.45, 7) is 11.5. The fraction of sp³-hybridized carbons (Fsp3) is 0.286. The van der Waals surface area contributed by atoms with Gasteiger partial charge in [-0.25, -0.2) is 0 Å². The lowest BCUT2D eigenvalue weighted by Gasteiger charge is -2.39. The molecule has 4 rings (SSSR count). The minimum Gasteiger partial charge on any atom is -0.508 e. The van der Waals surface area contributed by atoms with Gasteiger partial charge in [-0.15, -0.1) is 0 Å². The second-order valence-electron chi connectivity index (χ2n) is 10.2. The Morgan fingerprint density at radius 1 is 0.774 bits per heavy atom. The monoisotopic (exact) mass is 409 g/mol. The van der Waals surface area contributed by atoms with Crippen LogP contribution in [0.3, 0.4) is 0 Å². The van der Waals surface area contributed by atoms with Crippen LogP contribution >= 0.6 is 0 Å².